The summed E-state index contributed by atoms with van der Waals surface area (Å²) in [6.45, 7) is 5.12. The molecule has 122 valence electrons. The number of methoxy groups -OCH3 is 1. The van der Waals surface area contributed by atoms with Gasteiger partial charge < -0.3 is 14.8 Å². The number of hydrogen-bond donors (Lipinski definition) is 1. The number of nitrogens with one attached hydrogen (secondary N) is 1. The fourth-order valence-corrected chi connectivity index (χ4v) is 2.30. The molecule has 3 nitrogen and oxygen atoms in total. The molecular weight excluding hydrogens is 317 g/mol. The average Bonchev–Trinajstić information content (AvgIpc) is 2.55. The highest BCUT2D eigenvalue weighted by Gasteiger charge is 2.10. The van der Waals surface area contributed by atoms with Gasteiger partial charge in [0.2, 0.25) is 0 Å². The number of ether oxygens (including phenoxy) is 2. The van der Waals surface area contributed by atoms with Gasteiger partial charge in [0.15, 0.2) is 11.5 Å². The summed E-state index contributed by atoms with van der Waals surface area (Å²) in [5.41, 5.74) is 1.38. The zero-order valence-electron chi connectivity index (χ0n) is 12.9. The van der Waals surface area contributed by atoms with Crippen LogP contribution in [0.15, 0.2) is 49.1 Å². The molecule has 0 saturated carbocycles. The van der Waals surface area contributed by atoms with Crippen molar-refractivity contribution in [3.8, 4) is 11.5 Å². The Labute approximate surface area is 140 Å². The lowest BCUT2D eigenvalue weighted by Crippen LogP contribution is -2.12. The van der Waals surface area contributed by atoms with Crippen LogP contribution in [0.3, 0.4) is 0 Å². The van der Waals surface area contributed by atoms with Gasteiger partial charge in [-0.2, -0.15) is 0 Å². The lowest BCUT2D eigenvalue weighted by Gasteiger charge is -2.13. The van der Waals surface area contributed by atoms with Crippen molar-refractivity contribution in [2.75, 3.05) is 13.7 Å². The smallest absolute Gasteiger partial charge is 0.161 e. The lowest BCUT2D eigenvalue weighted by molar-refractivity contribution is 0.279. The van der Waals surface area contributed by atoms with Gasteiger partial charge in [0.1, 0.15) is 12.4 Å². The van der Waals surface area contributed by atoms with Crippen LogP contribution in [-0.4, -0.2) is 13.7 Å². The molecule has 5 heteroatoms. The molecule has 0 unspecified atom stereocenters. The van der Waals surface area contributed by atoms with E-state index < -0.39 is 0 Å². The Morgan fingerprint density at radius 1 is 1.26 bits per heavy atom. The molecule has 2 rings (SSSR count). The summed E-state index contributed by atoms with van der Waals surface area (Å²) in [5.74, 6) is 0.747. The number of rotatable bonds is 8. The molecule has 0 aromatic heterocycles. The first-order valence-electron chi connectivity index (χ1n) is 7.20. The average molecular weight is 336 g/mol. The molecule has 0 fully saturated rings. The predicted molar refractivity (Wildman–Crippen MR) is 90.6 cm³/mol. The van der Waals surface area contributed by atoms with E-state index in [9.17, 15) is 4.39 Å². The van der Waals surface area contributed by atoms with Crippen LogP contribution in [0.5, 0.6) is 11.5 Å². The Morgan fingerprint density at radius 3 is 2.78 bits per heavy atom. The summed E-state index contributed by atoms with van der Waals surface area (Å²) in [6, 6.07) is 10.2. The highest BCUT2D eigenvalue weighted by Crippen LogP contribution is 2.30. The van der Waals surface area contributed by atoms with Gasteiger partial charge in [-0.15, -0.1) is 6.58 Å². The minimum Gasteiger partial charge on any atom is -0.493 e. The van der Waals surface area contributed by atoms with Gasteiger partial charge in [0.25, 0.3) is 0 Å². The van der Waals surface area contributed by atoms with Crippen LogP contribution in [0, 0.1) is 5.82 Å². The van der Waals surface area contributed by atoms with E-state index in [-0.39, 0.29) is 12.4 Å². The molecule has 0 amide bonds. The Bertz CT molecular complexity index is 656. The van der Waals surface area contributed by atoms with Crippen molar-refractivity contribution in [1.82, 2.24) is 5.32 Å². The van der Waals surface area contributed by atoms with E-state index in [4.69, 9.17) is 21.1 Å². The van der Waals surface area contributed by atoms with Crippen molar-refractivity contribution in [3.05, 3.63) is 71.0 Å². The first-order chi connectivity index (χ1) is 11.2. The number of halogens is 2. The fourth-order valence-electron chi connectivity index (χ4n) is 2.08. The summed E-state index contributed by atoms with van der Waals surface area (Å²) >= 11 is 6.00. The quantitative estimate of drug-likeness (QED) is 0.575. The van der Waals surface area contributed by atoms with Crippen molar-refractivity contribution >= 4 is 11.6 Å². The van der Waals surface area contributed by atoms with E-state index in [1.807, 2.05) is 12.1 Å². The molecule has 0 aliphatic rings. The molecule has 0 aliphatic carbocycles. The predicted octanol–water partition coefficient (Wildman–Crippen LogP) is 4.34. The lowest BCUT2D eigenvalue weighted by atomic mass is 10.2. The molecule has 23 heavy (non-hydrogen) atoms. The normalized spacial score (nSPS) is 10.4. The zero-order chi connectivity index (χ0) is 16.7. The van der Waals surface area contributed by atoms with Crippen LogP contribution in [0.1, 0.15) is 11.1 Å². The third kappa shape index (κ3) is 4.71. The Balaban J connectivity index is 2.09. The van der Waals surface area contributed by atoms with Crippen LogP contribution < -0.4 is 14.8 Å². The Kier molecular flexibility index (Phi) is 6.44. The van der Waals surface area contributed by atoms with Crippen molar-refractivity contribution in [2.24, 2.45) is 0 Å². The third-order valence-corrected chi connectivity index (χ3v) is 3.63. The van der Waals surface area contributed by atoms with Crippen LogP contribution in [0.2, 0.25) is 5.02 Å². The van der Waals surface area contributed by atoms with Gasteiger partial charge in [0, 0.05) is 18.7 Å². The monoisotopic (exact) mass is 335 g/mol. The summed E-state index contributed by atoms with van der Waals surface area (Å²) in [7, 11) is 1.57. The number of benzene rings is 2. The minimum atomic E-state index is -0.387. The molecular formula is C18H19ClFNO2. The first-order valence-corrected chi connectivity index (χ1v) is 7.57. The van der Waals surface area contributed by atoms with Crippen molar-refractivity contribution in [3.63, 3.8) is 0 Å². The van der Waals surface area contributed by atoms with Crippen LogP contribution in [-0.2, 0) is 13.2 Å². The van der Waals surface area contributed by atoms with E-state index in [0.717, 1.165) is 12.1 Å². The maximum atomic E-state index is 13.8. The van der Waals surface area contributed by atoms with Gasteiger partial charge in [-0.25, -0.2) is 4.39 Å². The van der Waals surface area contributed by atoms with E-state index >= 15 is 0 Å². The third-order valence-electron chi connectivity index (χ3n) is 3.28. The molecule has 2 aromatic carbocycles. The van der Waals surface area contributed by atoms with E-state index in [2.05, 4.69) is 11.9 Å². The maximum Gasteiger partial charge on any atom is 0.161 e. The molecule has 0 spiro atoms. The SMILES string of the molecule is C=CCNCc1ccc(OCc2c(F)cccc2Cl)c(OC)c1. The molecule has 0 aliphatic heterocycles. The van der Waals surface area contributed by atoms with E-state index in [1.54, 1.807) is 31.4 Å². The summed E-state index contributed by atoms with van der Waals surface area (Å²) in [5, 5.41) is 3.56. The molecule has 0 heterocycles. The Morgan fingerprint density at radius 2 is 2.09 bits per heavy atom. The second-order valence-electron chi connectivity index (χ2n) is 4.89. The number of hydrogen-bond acceptors (Lipinski definition) is 3. The highest BCUT2D eigenvalue weighted by atomic mass is 35.5. The topological polar surface area (TPSA) is 30.5 Å². The van der Waals surface area contributed by atoms with E-state index in [0.29, 0.717) is 28.6 Å². The van der Waals surface area contributed by atoms with E-state index in [1.165, 1.54) is 6.07 Å². The minimum absolute atomic E-state index is 0.0376. The summed E-state index contributed by atoms with van der Waals surface area (Å²) in [4.78, 5) is 0. The molecule has 0 bridgehead atoms. The molecule has 0 radical (unpaired) electrons. The van der Waals surface area contributed by atoms with Crippen molar-refractivity contribution < 1.29 is 13.9 Å². The first kappa shape index (κ1) is 17.3. The van der Waals surface area contributed by atoms with Crippen molar-refractivity contribution in [1.29, 1.82) is 0 Å². The summed E-state index contributed by atoms with van der Waals surface area (Å²) < 4.78 is 24.8. The molecule has 0 atom stereocenters. The second-order valence-corrected chi connectivity index (χ2v) is 5.30. The fraction of sp³-hybridized carbons (Fsp3) is 0.222. The highest BCUT2D eigenvalue weighted by molar-refractivity contribution is 6.31. The Hall–Kier alpha value is -2.04. The largest absolute Gasteiger partial charge is 0.493 e. The van der Waals surface area contributed by atoms with Crippen LogP contribution >= 0.6 is 11.6 Å². The second kappa shape index (κ2) is 8.56. The van der Waals surface area contributed by atoms with Gasteiger partial charge in [0.05, 0.1) is 12.1 Å². The van der Waals surface area contributed by atoms with Gasteiger partial charge in [-0.1, -0.05) is 29.8 Å². The van der Waals surface area contributed by atoms with Crippen molar-refractivity contribution in [2.45, 2.75) is 13.2 Å². The standard InChI is InChI=1S/C18H19ClFNO2/c1-3-9-21-11-13-7-8-17(18(10-13)22-2)23-12-14-15(19)5-4-6-16(14)20/h3-8,10,21H,1,9,11-12H2,2H3. The zero-order valence-corrected chi connectivity index (χ0v) is 13.7. The molecule has 0 saturated heterocycles. The molecule has 1 N–H and O–H groups in total. The van der Waals surface area contributed by atoms with Crippen LogP contribution in [0.4, 0.5) is 4.39 Å². The van der Waals surface area contributed by atoms with Gasteiger partial charge in [-0.05, 0) is 29.8 Å². The van der Waals surface area contributed by atoms with Gasteiger partial charge >= 0.3 is 0 Å². The molecule has 2 aromatic rings. The van der Waals surface area contributed by atoms with Gasteiger partial charge in [-0.3, -0.25) is 0 Å². The van der Waals surface area contributed by atoms with Crippen LogP contribution in [0.25, 0.3) is 0 Å². The maximum absolute atomic E-state index is 13.8. The summed E-state index contributed by atoms with van der Waals surface area (Å²) in [6.07, 6.45) is 1.80.